The van der Waals surface area contributed by atoms with Crippen molar-refractivity contribution in [2.45, 2.75) is 18.4 Å². The number of guanidine groups is 1. The second kappa shape index (κ2) is 10.9. The van der Waals surface area contributed by atoms with E-state index in [0.29, 0.717) is 19.0 Å². The first kappa shape index (κ1) is 24.4. The Morgan fingerprint density at radius 1 is 1.07 bits per heavy atom. The van der Waals surface area contributed by atoms with Gasteiger partial charge in [0.25, 0.3) is 0 Å². The van der Waals surface area contributed by atoms with Crippen LogP contribution in [0.1, 0.15) is 12.5 Å². The fourth-order valence-electron chi connectivity index (χ4n) is 3.17. The van der Waals surface area contributed by atoms with Crippen LogP contribution in [0.2, 0.25) is 0 Å². The van der Waals surface area contributed by atoms with Crippen LogP contribution < -0.4 is 15.4 Å². The SMILES string of the molecule is CCNS(=O)(=O)c1ccc(CN=C(N)N2CCN(c3ccc(F)cc3)CC2)cc1.I. The maximum atomic E-state index is 13.1. The minimum Gasteiger partial charge on any atom is -0.370 e. The zero-order valence-corrected chi connectivity index (χ0v) is 19.9. The third-order valence-electron chi connectivity index (χ3n) is 4.79. The van der Waals surface area contributed by atoms with Crippen LogP contribution in [0.25, 0.3) is 0 Å². The molecule has 10 heteroatoms. The molecule has 0 spiro atoms. The number of aliphatic imine (C=N–C) groups is 1. The summed E-state index contributed by atoms with van der Waals surface area (Å²) in [5.74, 6) is 0.226. The lowest BCUT2D eigenvalue weighted by atomic mass is 10.2. The molecule has 0 unspecified atom stereocenters. The van der Waals surface area contributed by atoms with Crippen molar-refractivity contribution in [2.24, 2.45) is 10.7 Å². The normalized spacial score (nSPS) is 15.1. The highest BCUT2D eigenvalue weighted by molar-refractivity contribution is 14.0. The van der Waals surface area contributed by atoms with Crippen molar-refractivity contribution in [1.82, 2.24) is 9.62 Å². The molecule has 1 heterocycles. The summed E-state index contributed by atoms with van der Waals surface area (Å²) in [6.07, 6.45) is 0. The van der Waals surface area contributed by atoms with E-state index in [9.17, 15) is 12.8 Å². The van der Waals surface area contributed by atoms with E-state index in [1.807, 2.05) is 4.90 Å². The molecule has 3 N–H and O–H groups in total. The first-order valence-electron chi connectivity index (χ1n) is 9.53. The predicted octanol–water partition coefficient (Wildman–Crippen LogP) is 2.38. The Kier molecular flexibility index (Phi) is 8.86. The fourth-order valence-corrected chi connectivity index (χ4v) is 4.21. The van der Waals surface area contributed by atoms with Crippen LogP contribution >= 0.6 is 24.0 Å². The monoisotopic (exact) mass is 547 g/mol. The number of nitrogens with two attached hydrogens (primary N) is 1. The van der Waals surface area contributed by atoms with E-state index in [1.54, 1.807) is 43.3 Å². The third kappa shape index (κ3) is 6.29. The number of benzene rings is 2. The quantitative estimate of drug-likeness (QED) is 0.330. The Labute approximate surface area is 194 Å². The van der Waals surface area contributed by atoms with Crippen molar-refractivity contribution in [1.29, 1.82) is 0 Å². The number of piperazine rings is 1. The molecule has 30 heavy (non-hydrogen) atoms. The summed E-state index contributed by atoms with van der Waals surface area (Å²) in [6.45, 7) is 5.48. The zero-order chi connectivity index (χ0) is 20.9. The Morgan fingerprint density at radius 3 is 2.23 bits per heavy atom. The number of sulfonamides is 1. The highest BCUT2D eigenvalue weighted by atomic mass is 127. The lowest BCUT2D eigenvalue weighted by Crippen LogP contribution is -2.51. The van der Waals surface area contributed by atoms with Crippen molar-refractivity contribution in [3.8, 4) is 0 Å². The highest BCUT2D eigenvalue weighted by Gasteiger charge is 2.18. The first-order valence-corrected chi connectivity index (χ1v) is 11.0. The minimum atomic E-state index is -3.45. The second-order valence-electron chi connectivity index (χ2n) is 6.77. The molecule has 0 atom stereocenters. The molecular formula is C20H27FIN5O2S. The van der Waals surface area contributed by atoms with E-state index < -0.39 is 10.0 Å². The van der Waals surface area contributed by atoms with Crippen molar-refractivity contribution in [2.75, 3.05) is 37.6 Å². The average Bonchev–Trinajstić information content (AvgIpc) is 2.73. The predicted molar refractivity (Wildman–Crippen MR) is 128 cm³/mol. The molecule has 0 radical (unpaired) electrons. The van der Waals surface area contributed by atoms with Gasteiger partial charge in [-0.2, -0.15) is 0 Å². The largest absolute Gasteiger partial charge is 0.370 e. The molecule has 1 aliphatic rings. The van der Waals surface area contributed by atoms with Crippen LogP contribution in [0.5, 0.6) is 0 Å². The topological polar surface area (TPSA) is 91.0 Å². The average molecular weight is 547 g/mol. The molecule has 0 amide bonds. The fraction of sp³-hybridized carbons (Fsp3) is 0.350. The molecule has 7 nitrogen and oxygen atoms in total. The number of hydrogen-bond donors (Lipinski definition) is 2. The molecule has 0 bridgehead atoms. The molecule has 2 aromatic carbocycles. The summed E-state index contributed by atoms with van der Waals surface area (Å²) >= 11 is 0. The first-order chi connectivity index (χ1) is 13.9. The Balaban J connectivity index is 0.00000320. The number of halogens is 2. The number of anilines is 1. The van der Waals surface area contributed by atoms with Gasteiger partial charge in [0.1, 0.15) is 5.82 Å². The van der Waals surface area contributed by atoms with E-state index in [-0.39, 0.29) is 34.7 Å². The van der Waals surface area contributed by atoms with Gasteiger partial charge in [-0.3, -0.25) is 0 Å². The van der Waals surface area contributed by atoms with Crippen molar-refractivity contribution >= 4 is 45.6 Å². The van der Waals surface area contributed by atoms with Crippen LogP contribution in [0.3, 0.4) is 0 Å². The Hall–Kier alpha value is -1.92. The molecule has 0 aromatic heterocycles. The highest BCUT2D eigenvalue weighted by Crippen LogP contribution is 2.17. The van der Waals surface area contributed by atoms with Crippen LogP contribution in [0, 0.1) is 5.82 Å². The van der Waals surface area contributed by atoms with Crippen LogP contribution in [-0.2, 0) is 16.6 Å². The standard InChI is InChI=1S/C20H26FN5O2S.HI/c1-2-24-29(27,28)19-9-3-16(4-10-19)15-23-20(22)26-13-11-25(12-14-26)18-7-5-17(21)6-8-18;/h3-10,24H,2,11-15H2,1H3,(H2,22,23);1H. The van der Waals surface area contributed by atoms with Crippen molar-refractivity contribution in [3.63, 3.8) is 0 Å². The van der Waals surface area contributed by atoms with Gasteiger partial charge in [0.05, 0.1) is 11.4 Å². The van der Waals surface area contributed by atoms with Gasteiger partial charge in [-0.25, -0.2) is 22.5 Å². The van der Waals surface area contributed by atoms with Crippen LogP contribution in [0.4, 0.5) is 10.1 Å². The summed E-state index contributed by atoms with van der Waals surface area (Å²) in [4.78, 5) is 8.88. The van der Waals surface area contributed by atoms with Crippen LogP contribution in [0.15, 0.2) is 58.4 Å². The zero-order valence-electron chi connectivity index (χ0n) is 16.8. The Bertz CT molecular complexity index is 944. The third-order valence-corrected chi connectivity index (χ3v) is 6.35. The van der Waals surface area contributed by atoms with Gasteiger partial charge in [0.2, 0.25) is 10.0 Å². The van der Waals surface area contributed by atoms with Gasteiger partial charge >= 0.3 is 0 Å². The summed E-state index contributed by atoms with van der Waals surface area (Å²) in [5.41, 5.74) is 8.02. The smallest absolute Gasteiger partial charge is 0.240 e. The molecule has 3 rings (SSSR count). The van der Waals surface area contributed by atoms with Crippen molar-refractivity contribution in [3.05, 3.63) is 59.9 Å². The molecule has 0 aliphatic carbocycles. The Morgan fingerprint density at radius 2 is 1.67 bits per heavy atom. The summed E-state index contributed by atoms with van der Waals surface area (Å²) in [6, 6.07) is 13.1. The van der Waals surface area contributed by atoms with E-state index in [4.69, 9.17) is 5.73 Å². The van der Waals surface area contributed by atoms with Gasteiger partial charge in [0.15, 0.2) is 5.96 Å². The maximum absolute atomic E-state index is 13.1. The summed E-state index contributed by atoms with van der Waals surface area (Å²) < 4.78 is 39.5. The second-order valence-corrected chi connectivity index (χ2v) is 8.54. The van der Waals surface area contributed by atoms with E-state index in [1.165, 1.54) is 12.1 Å². The van der Waals surface area contributed by atoms with E-state index >= 15 is 0 Å². The molecule has 1 fully saturated rings. The molecule has 164 valence electrons. The lowest BCUT2D eigenvalue weighted by molar-refractivity contribution is 0.380. The van der Waals surface area contributed by atoms with Crippen molar-refractivity contribution < 1.29 is 12.8 Å². The number of hydrogen-bond acceptors (Lipinski definition) is 4. The summed E-state index contributed by atoms with van der Waals surface area (Å²) in [5, 5.41) is 0. The minimum absolute atomic E-state index is 0. The van der Waals surface area contributed by atoms with Crippen LogP contribution in [-0.4, -0.2) is 52.0 Å². The van der Waals surface area contributed by atoms with Gasteiger partial charge < -0.3 is 15.5 Å². The van der Waals surface area contributed by atoms with Gasteiger partial charge in [-0.1, -0.05) is 19.1 Å². The molecule has 1 saturated heterocycles. The number of nitrogens with zero attached hydrogens (tertiary/aromatic N) is 3. The summed E-state index contributed by atoms with van der Waals surface area (Å²) in [7, 11) is -3.45. The van der Waals surface area contributed by atoms with E-state index in [2.05, 4.69) is 14.6 Å². The maximum Gasteiger partial charge on any atom is 0.240 e. The molecular weight excluding hydrogens is 520 g/mol. The number of nitrogens with one attached hydrogen (secondary N) is 1. The molecule has 2 aromatic rings. The van der Waals surface area contributed by atoms with Gasteiger partial charge in [0, 0.05) is 38.4 Å². The van der Waals surface area contributed by atoms with Gasteiger partial charge in [-0.15, -0.1) is 24.0 Å². The molecule has 1 aliphatic heterocycles. The van der Waals surface area contributed by atoms with Gasteiger partial charge in [-0.05, 0) is 42.0 Å². The lowest BCUT2D eigenvalue weighted by Gasteiger charge is -2.36. The molecule has 0 saturated carbocycles. The van der Waals surface area contributed by atoms with E-state index in [0.717, 1.165) is 37.4 Å². The number of rotatable bonds is 6.